The molecule has 0 bridgehead atoms. The van der Waals surface area contributed by atoms with E-state index in [9.17, 15) is 26.4 Å². The molecule has 47 heavy (non-hydrogen) atoms. The molecule has 8 nitrogen and oxygen atoms in total. The molecule has 11 heteroatoms. The Morgan fingerprint density at radius 2 is 0.766 bits per heavy atom. The predicted molar refractivity (Wildman–Crippen MR) is 185 cm³/mol. The van der Waals surface area contributed by atoms with E-state index in [1.54, 1.807) is 102 Å². The maximum absolute atomic E-state index is 15.2. The molecule has 0 aliphatic carbocycles. The fourth-order valence-electron chi connectivity index (χ4n) is 6.27. The topological polar surface area (TPSA) is 137 Å². The SMILES string of the molecule is Cc1cc(C)c(C(S(=O)(=O)CC(=O)c2ccccc2)S(=O)(=O)C(c2c(C)cc(C)cc2C)S(=O)(=O)CC(=O)c2ccccc2)c(C)c1. The van der Waals surface area contributed by atoms with Crippen LogP contribution in [0.4, 0.5) is 0 Å². The van der Waals surface area contributed by atoms with Gasteiger partial charge in [0.1, 0.15) is 11.5 Å². The molecule has 0 radical (unpaired) electrons. The third-order valence-corrected chi connectivity index (χ3v) is 16.2. The van der Waals surface area contributed by atoms with Crippen molar-refractivity contribution in [3.8, 4) is 0 Å². The van der Waals surface area contributed by atoms with Crippen LogP contribution >= 0.6 is 0 Å². The number of hydrogen-bond acceptors (Lipinski definition) is 8. The summed E-state index contributed by atoms with van der Waals surface area (Å²) in [5.74, 6) is -4.05. The molecule has 2 atom stereocenters. The first-order valence-electron chi connectivity index (χ1n) is 14.8. The van der Waals surface area contributed by atoms with E-state index in [1.807, 2.05) is 0 Å². The average molecular weight is 695 g/mol. The van der Waals surface area contributed by atoms with Gasteiger partial charge in [0.2, 0.25) is 0 Å². The van der Waals surface area contributed by atoms with Crippen molar-refractivity contribution in [3.63, 3.8) is 0 Å². The van der Waals surface area contributed by atoms with Gasteiger partial charge in [-0.25, -0.2) is 25.3 Å². The van der Waals surface area contributed by atoms with E-state index in [1.165, 1.54) is 24.3 Å². The van der Waals surface area contributed by atoms with Crippen LogP contribution in [-0.2, 0) is 29.5 Å². The van der Waals surface area contributed by atoms with Gasteiger partial charge in [0.25, 0.3) is 0 Å². The van der Waals surface area contributed by atoms with Crippen LogP contribution in [0.1, 0.15) is 74.4 Å². The van der Waals surface area contributed by atoms with Crippen LogP contribution in [0.5, 0.6) is 0 Å². The molecule has 0 saturated carbocycles. The molecule has 0 fully saturated rings. The van der Waals surface area contributed by atoms with E-state index in [2.05, 4.69) is 0 Å². The Balaban J connectivity index is 2.04. The van der Waals surface area contributed by atoms with Gasteiger partial charge in [-0.1, -0.05) is 96.1 Å². The number of benzene rings is 4. The molecule has 4 aromatic rings. The average Bonchev–Trinajstić information content (AvgIpc) is 2.96. The van der Waals surface area contributed by atoms with Gasteiger partial charge in [0, 0.05) is 11.1 Å². The highest BCUT2D eigenvalue weighted by atomic mass is 32.3. The summed E-state index contributed by atoms with van der Waals surface area (Å²) in [5.41, 5.74) is 2.59. The number of ketones is 2. The zero-order chi connectivity index (χ0) is 34.9. The monoisotopic (exact) mass is 694 g/mol. The van der Waals surface area contributed by atoms with Gasteiger partial charge in [-0.15, -0.1) is 0 Å². The van der Waals surface area contributed by atoms with Gasteiger partial charge in [0.05, 0.1) is 0 Å². The van der Waals surface area contributed by atoms with E-state index >= 15 is 8.42 Å². The van der Waals surface area contributed by atoms with Crippen molar-refractivity contribution in [3.05, 3.63) is 141 Å². The van der Waals surface area contributed by atoms with Gasteiger partial charge >= 0.3 is 0 Å². The third-order valence-electron chi connectivity index (χ3n) is 8.05. The first kappa shape index (κ1) is 35.9. The zero-order valence-corrected chi connectivity index (χ0v) is 29.6. The van der Waals surface area contributed by atoms with Crippen molar-refractivity contribution in [2.45, 2.75) is 50.7 Å². The van der Waals surface area contributed by atoms with E-state index in [-0.39, 0.29) is 22.3 Å². The van der Waals surface area contributed by atoms with E-state index < -0.39 is 61.7 Å². The first-order valence-corrected chi connectivity index (χ1v) is 19.9. The van der Waals surface area contributed by atoms with Gasteiger partial charge in [-0.2, -0.15) is 0 Å². The lowest BCUT2D eigenvalue weighted by atomic mass is 10.0. The maximum Gasteiger partial charge on any atom is 0.193 e. The van der Waals surface area contributed by atoms with Crippen LogP contribution < -0.4 is 0 Å². The summed E-state index contributed by atoms with van der Waals surface area (Å²) in [4.78, 5) is 26.6. The third kappa shape index (κ3) is 7.63. The second-order valence-corrected chi connectivity index (χ2v) is 19.0. The summed E-state index contributed by atoms with van der Waals surface area (Å²) in [7, 11) is -15.2. The summed E-state index contributed by atoms with van der Waals surface area (Å²) in [6.07, 6.45) is 0. The Morgan fingerprint density at radius 1 is 0.489 bits per heavy atom. The second-order valence-electron chi connectivity index (χ2n) is 12.1. The van der Waals surface area contributed by atoms with Gasteiger partial charge in [-0.05, 0) is 74.9 Å². The van der Waals surface area contributed by atoms with Crippen LogP contribution in [0.25, 0.3) is 0 Å². The number of rotatable bonds is 12. The van der Waals surface area contributed by atoms with Crippen molar-refractivity contribution in [1.82, 2.24) is 0 Å². The highest BCUT2D eigenvalue weighted by Crippen LogP contribution is 2.45. The summed E-state index contributed by atoms with van der Waals surface area (Å²) < 4.78 is 83.1. The van der Waals surface area contributed by atoms with Gasteiger partial charge in [0.15, 0.2) is 50.2 Å². The predicted octanol–water partition coefficient (Wildman–Crippen LogP) is 6.24. The highest BCUT2D eigenvalue weighted by molar-refractivity contribution is 8.15. The smallest absolute Gasteiger partial charge is 0.193 e. The van der Waals surface area contributed by atoms with Crippen molar-refractivity contribution in [1.29, 1.82) is 0 Å². The molecule has 0 aliphatic rings. The number of Topliss-reactive ketones (excluding diaryl/α,β-unsaturated/α-hetero) is 2. The van der Waals surface area contributed by atoms with Gasteiger partial charge < -0.3 is 0 Å². The Morgan fingerprint density at radius 3 is 1.04 bits per heavy atom. The molecule has 0 aliphatic heterocycles. The van der Waals surface area contributed by atoms with Crippen LogP contribution in [0.3, 0.4) is 0 Å². The summed E-state index contributed by atoms with van der Waals surface area (Å²) >= 11 is 0. The molecule has 0 saturated heterocycles. The molecule has 4 rings (SSSR count). The molecule has 0 heterocycles. The lowest BCUT2D eigenvalue weighted by Gasteiger charge is -2.29. The molecule has 0 aromatic heterocycles. The minimum absolute atomic E-state index is 0.0624. The molecule has 0 N–H and O–H groups in total. The van der Waals surface area contributed by atoms with Crippen LogP contribution in [0, 0.1) is 41.5 Å². The summed E-state index contributed by atoms with van der Waals surface area (Å²) in [5, 5.41) is 0. The minimum Gasteiger partial charge on any atom is -0.293 e. The first-order chi connectivity index (χ1) is 21.9. The van der Waals surface area contributed by atoms with Crippen LogP contribution in [0.2, 0.25) is 0 Å². The number of carbonyl (C=O) groups excluding carboxylic acids is 2. The van der Waals surface area contributed by atoms with Crippen LogP contribution in [-0.4, -0.2) is 48.3 Å². The van der Waals surface area contributed by atoms with Crippen molar-refractivity contribution < 1.29 is 34.8 Å². The Hall–Kier alpha value is -3.93. The Labute approximate surface area is 277 Å². The Kier molecular flexibility index (Phi) is 10.4. The van der Waals surface area contributed by atoms with Crippen molar-refractivity contribution in [2.75, 3.05) is 11.5 Å². The lowest BCUT2D eigenvalue weighted by Crippen LogP contribution is -2.37. The lowest BCUT2D eigenvalue weighted by molar-refractivity contribution is 0.101. The zero-order valence-electron chi connectivity index (χ0n) is 27.1. The van der Waals surface area contributed by atoms with Crippen molar-refractivity contribution in [2.24, 2.45) is 0 Å². The second kappa shape index (κ2) is 13.7. The maximum atomic E-state index is 15.2. The van der Waals surface area contributed by atoms with Crippen molar-refractivity contribution >= 4 is 41.1 Å². The molecule has 248 valence electrons. The summed E-state index contributed by atoms with van der Waals surface area (Å²) in [6, 6.07) is 21.7. The Bertz CT molecular complexity index is 1970. The van der Waals surface area contributed by atoms with Crippen LogP contribution in [0.15, 0.2) is 84.9 Å². The fraction of sp³-hybridized carbons (Fsp3) is 0.278. The fourth-order valence-corrected chi connectivity index (χ4v) is 15.3. The molecular weight excluding hydrogens is 657 g/mol. The normalized spacial score (nSPS) is 13.6. The number of hydrogen-bond donors (Lipinski definition) is 0. The number of aryl methyl sites for hydroxylation is 6. The standard InChI is InChI=1S/C36H38O8S3/c1-23-17-25(3)33(26(4)18-23)35(45(39,40)21-31(37)29-13-9-7-10-14-29)47(43,44)36(34-27(5)19-24(2)20-28(34)6)46(41,42)22-32(38)30-15-11-8-12-16-30/h7-20,35-36H,21-22H2,1-6H3. The van der Waals surface area contributed by atoms with E-state index in [0.717, 1.165) is 11.1 Å². The highest BCUT2D eigenvalue weighted by Gasteiger charge is 2.52. The minimum atomic E-state index is -5.34. The molecule has 0 amide bonds. The number of sulfone groups is 3. The van der Waals surface area contributed by atoms with E-state index in [0.29, 0.717) is 22.3 Å². The van der Waals surface area contributed by atoms with Gasteiger partial charge in [-0.3, -0.25) is 9.59 Å². The van der Waals surface area contributed by atoms with E-state index in [4.69, 9.17) is 0 Å². The molecule has 4 aromatic carbocycles. The molecular formula is C36H38O8S3. The molecule has 2 unspecified atom stereocenters. The largest absolute Gasteiger partial charge is 0.293 e. The number of carbonyl (C=O) groups is 2. The molecule has 0 spiro atoms. The summed E-state index contributed by atoms with van der Waals surface area (Å²) in [6.45, 7) is 9.74. The quantitative estimate of drug-likeness (QED) is 0.159.